The highest BCUT2D eigenvalue weighted by Crippen LogP contribution is 2.22. The Morgan fingerprint density at radius 2 is 2.19 bits per heavy atom. The fraction of sp³-hybridized carbons (Fsp3) is 0.600. The molecule has 0 radical (unpaired) electrons. The number of nitrogens with one attached hydrogen (secondary N) is 1. The van der Waals surface area contributed by atoms with Gasteiger partial charge in [0.25, 0.3) is 0 Å². The molecule has 1 heterocycles. The number of hydrogen-bond acceptors (Lipinski definition) is 4. The molecule has 1 amide bonds. The zero-order valence-electron chi connectivity index (χ0n) is 12.3. The molecule has 2 N–H and O–H groups in total. The molecule has 1 fully saturated rings. The Hall–Kier alpha value is -1.33. The number of aliphatic hydroxyl groups excluding tert-OH is 1. The Labute approximate surface area is 130 Å². The van der Waals surface area contributed by atoms with Crippen LogP contribution in [0.2, 0.25) is 5.02 Å². The number of anilines is 1. The number of carbonyl (C=O) groups is 1. The molecule has 0 bridgehead atoms. The van der Waals surface area contributed by atoms with Crippen LogP contribution in [-0.2, 0) is 11.4 Å². The van der Waals surface area contributed by atoms with E-state index in [2.05, 4.69) is 10.3 Å². The molecule has 0 unspecified atom stereocenters. The summed E-state index contributed by atoms with van der Waals surface area (Å²) >= 11 is 6.06. The maximum absolute atomic E-state index is 12.2. The Morgan fingerprint density at radius 1 is 1.48 bits per heavy atom. The van der Waals surface area contributed by atoms with E-state index in [1.165, 1.54) is 19.3 Å². The van der Waals surface area contributed by atoms with E-state index >= 15 is 0 Å². The zero-order valence-corrected chi connectivity index (χ0v) is 13.1. The number of aromatic nitrogens is 1. The van der Waals surface area contributed by atoms with Gasteiger partial charge in [-0.05, 0) is 24.5 Å². The summed E-state index contributed by atoms with van der Waals surface area (Å²) < 4.78 is 0. The van der Waals surface area contributed by atoms with Crippen molar-refractivity contribution in [3.63, 3.8) is 0 Å². The smallest absolute Gasteiger partial charge is 0.241 e. The summed E-state index contributed by atoms with van der Waals surface area (Å²) in [6.45, 7) is 0.0779. The first kappa shape index (κ1) is 16.0. The van der Waals surface area contributed by atoms with Gasteiger partial charge in [0, 0.05) is 19.3 Å². The minimum absolute atomic E-state index is 0.0472. The third-order valence-electron chi connectivity index (χ3n) is 4.00. The van der Waals surface area contributed by atoms with Crippen LogP contribution in [-0.4, -0.2) is 40.5 Å². The number of pyridine rings is 1. The van der Waals surface area contributed by atoms with Crippen molar-refractivity contribution < 1.29 is 9.90 Å². The number of aliphatic hydroxyl groups is 1. The van der Waals surface area contributed by atoms with Crippen molar-refractivity contribution in [1.29, 1.82) is 0 Å². The SMILES string of the molecule is CN(C(=O)CNc1ncc(CO)cc1Cl)C1CCCCC1. The van der Waals surface area contributed by atoms with Crippen molar-refractivity contribution in [2.75, 3.05) is 18.9 Å². The summed E-state index contributed by atoms with van der Waals surface area (Å²) in [4.78, 5) is 18.2. The molecule has 0 aliphatic heterocycles. The molecule has 0 atom stereocenters. The first-order valence-corrected chi connectivity index (χ1v) is 7.74. The van der Waals surface area contributed by atoms with Crippen LogP contribution in [0, 0.1) is 0 Å². The van der Waals surface area contributed by atoms with Gasteiger partial charge < -0.3 is 15.3 Å². The van der Waals surface area contributed by atoms with Gasteiger partial charge in [0.15, 0.2) is 0 Å². The van der Waals surface area contributed by atoms with Crippen LogP contribution >= 0.6 is 11.6 Å². The van der Waals surface area contributed by atoms with Gasteiger partial charge in [-0.2, -0.15) is 0 Å². The maximum Gasteiger partial charge on any atom is 0.241 e. The lowest BCUT2D eigenvalue weighted by Crippen LogP contribution is -2.41. The van der Waals surface area contributed by atoms with E-state index in [1.54, 1.807) is 12.3 Å². The third kappa shape index (κ3) is 4.32. The van der Waals surface area contributed by atoms with E-state index in [-0.39, 0.29) is 19.1 Å². The van der Waals surface area contributed by atoms with E-state index in [9.17, 15) is 4.79 Å². The number of hydrogen-bond donors (Lipinski definition) is 2. The number of carbonyl (C=O) groups excluding carboxylic acids is 1. The van der Waals surface area contributed by atoms with Crippen molar-refractivity contribution in [1.82, 2.24) is 9.88 Å². The van der Waals surface area contributed by atoms with Gasteiger partial charge in [0.2, 0.25) is 5.91 Å². The number of amides is 1. The Balaban J connectivity index is 1.88. The summed E-state index contributed by atoms with van der Waals surface area (Å²) in [7, 11) is 1.86. The lowest BCUT2D eigenvalue weighted by atomic mass is 9.94. The van der Waals surface area contributed by atoms with Crippen LogP contribution in [0.3, 0.4) is 0 Å². The van der Waals surface area contributed by atoms with E-state index < -0.39 is 0 Å². The average Bonchev–Trinajstić information content (AvgIpc) is 2.53. The zero-order chi connectivity index (χ0) is 15.2. The first-order chi connectivity index (χ1) is 10.1. The molecule has 0 saturated heterocycles. The van der Waals surface area contributed by atoms with Crippen LogP contribution in [0.4, 0.5) is 5.82 Å². The normalized spacial score (nSPS) is 15.8. The highest BCUT2D eigenvalue weighted by Gasteiger charge is 2.21. The van der Waals surface area contributed by atoms with E-state index in [0.29, 0.717) is 22.4 Å². The fourth-order valence-corrected chi connectivity index (χ4v) is 2.91. The molecule has 5 nitrogen and oxygen atoms in total. The van der Waals surface area contributed by atoms with Gasteiger partial charge in [-0.15, -0.1) is 0 Å². The second-order valence-corrected chi connectivity index (χ2v) is 5.89. The summed E-state index contributed by atoms with van der Waals surface area (Å²) in [5, 5.41) is 12.4. The summed E-state index contributed by atoms with van der Waals surface area (Å²) in [6, 6.07) is 2.00. The molecule has 1 aromatic rings. The molecule has 1 aliphatic rings. The second-order valence-electron chi connectivity index (χ2n) is 5.48. The van der Waals surface area contributed by atoms with Crippen molar-refractivity contribution >= 4 is 23.3 Å². The molecule has 116 valence electrons. The third-order valence-corrected chi connectivity index (χ3v) is 4.29. The van der Waals surface area contributed by atoms with Crippen molar-refractivity contribution in [3.8, 4) is 0 Å². The van der Waals surface area contributed by atoms with Crippen LogP contribution < -0.4 is 5.32 Å². The lowest BCUT2D eigenvalue weighted by molar-refractivity contribution is -0.130. The van der Waals surface area contributed by atoms with Gasteiger partial charge in [-0.3, -0.25) is 4.79 Å². The lowest BCUT2D eigenvalue weighted by Gasteiger charge is -2.31. The maximum atomic E-state index is 12.2. The van der Waals surface area contributed by atoms with Crippen molar-refractivity contribution in [2.45, 2.75) is 44.8 Å². The fourth-order valence-electron chi connectivity index (χ4n) is 2.65. The van der Waals surface area contributed by atoms with E-state index in [4.69, 9.17) is 16.7 Å². The molecular weight excluding hydrogens is 290 g/mol. The predicted molar refractivity (Wildman–Crippen MR) is 83.3 cm³/mol. The Morgan fingerprint density at radius 3 is 2.81 bits per heavy atom. The van der Waals surface area contributed by atoms with Crippen LogP contribution in [0.15, 0.2) is 12.3 Å². The largest absolute Gasteiger partial charge is 0.392 e. The summed E-state index contributed by atoms with van der Waals surface area (Å²) in [5.41, 5.74) is 0.649. The van der Waals surface area contributed by atoms with Crippen molar-refractivity contribution in [3.05, 3.63) is 22.8 Å². The molecule has 1 aliphatic carbocycles. The number of rotatable bonds is 5. The summed E-state index contributed by atoms with van der Waals surface area (Å²) in [6.07, 6.45) is 7.40. The summed E-state index contributed by atoms with van der Waals surface area (Å²) in [5.74, 6) is 0.519. The van der Waals surface area contributed by atoms with Crippen LogP contribution in [0.25, 0.3) is 0 Å². The van der Waals surface area contributed by atoms with Gasteiger partial charge in [-0.1, -0.05) is 30.9 Å². The minimum Gasteiger partial charge on any atom is -0.392 e. The minimum atomic E-state index is -0.101. The molecule has 6 heteroatoms. The van der Waals surface area contributed by atoms with Crippen LogP contribution in [0.5, 0.6) is 0 Å². The molecule has 0 spiro atoms. The Bertz CT molecular complexity index is 490. The molecule has 1 aromatic heterocycles. The van der Waals surface area contributed by atoms with Gasteiger partial charge in [0.1, 0.15) is 5.82 Å². The number of halogens is 1. The highest BCUT2D eigenvalue weighted by atomic mass is 35.5. The number of likely N-dealkylation sites (N-methyl/N-ethyl adjacent to an activating group) is 1. The molecular formula is C15H22ClN3O2. The van der Waals surface area contributed by atoms with Gasteiger partial charge in [0.05, 0.1) is 18.2 Å². The standard InChI is InChI=1S/C15H22ClN3O2/c1-19(12-5-3-2-4-6-12)14(21)9-18-15-13(16)7-11(10-20)8-17-15/h7-8,12,20H,2-6,9-10H2,1H3,(H,17,18). The quantitative estimate of drug-likeness (QED) is 0.876. The average molecular weight is 312 g/mol. The molecule has 1 saturated carbocycles. The second kappa shape index (κ2) is 7.61. The van der Waals surface area contributed by atoms with Gasteiger partial charge in [-0.25, -0.2) is 4.98 Å². The van der Waals surface area contributed by atoms with E-state index in [0.717, 1.165) is 12.8 Å². The predicted octanol–water partition coefficient (Wildman–Crippen LogP) is 2.43. The van der Waals surface area contributed by atoms with Gasteiger partial charge >= 0.3 is 0 Å². The first-order valence-electron chi connectivity index (χ1n) is 7.36. The molecule has 21 heavy (non-hydrogen) atoms. The monoisotopic (exact) mass is 311 g/mol. The molecule has 0 aromatic carbocycles. The van der Waals surface area contributed by atoms with Crippen molar-refractivity contribution in [2.24, 2.45) is 0 Å². The topological polar surface area (TPSA) is 65.5 Å². The van der Waals surface area contributed by atoms with Crippen LogP contribution in [0.1, 0.15) is 37.7 Å². The molecule has 2 rings (SSSR count). The highest BCUT2D eigenvalue weighted by molar-refractivity contribution is 6.33. The number of nitrogens with zero attached hydrogens (tertiary/aromatic N) is 2. The Kier molecular flexibility index (Phi) is 5.82. The van der Waals surface area contributed by atoms with E-state index in [1.807, 2.05) is 11.9 Å².